The summed E-state index contributed by atoms with van der Waals surface area (Å²) >= 11 is 0. The minimum Gasteiger partial charge on any atom is -0.716 e. The zero-order valence-corrected chi connectivity index (χ0v) is 15.1. The van der Waals surface area contributed by atoms with Crippen molar-refractivity contribution in [1.29, 1.82) is 0 Å². The average Bonchev–Trinajstić information content (AvgIpc) is 2.29. The monoisotopic (exact) mass is 300 g/mol. The predicted molar refractivity (Wildman–Crippen MR) is 71.8 cm³/mol. The van der Waals surface area contributed by atoms with Gasteiger partial charge >= 0.3 is 29.6 Å². The van der Waals surface area contributed by atoms with Crippen molar-refractivity contribution < 1.29 is 46.7 Å². The van der Waals surface area contributed by atoms with E-state index in [0.29, 0.717) is 0 Å². The van der Waals surface area contributed by atoms with Gasteiger partial charge in [0.1, 0.15) is 6.26 Å². The fourth-order valence-corrected chi connectivity index (χ4v) is 1.96. The predicted octanol–water partition coefficient (Wildman–Crippen LogP) is 0.902. The van der Waals surface area contributed by atoms with Crippen LogP contribution in [0, 0.1) is 0 Å². The van der Waals surface area contributed by atoms with Gasteiger partial charge in [-0.15, -0.1) is 0 Å². The molecule has 6 heteroatoms. The summed E-state index contributed by atoms with van der Waals surface area (Å²) in [5, 5.41) is 0. The number of hydrogen-bond donors (Lipinski definition) is 0. The normalized spacial score (nSPS) is 11.5. The van der Waals surface area contributed by atoms with Crippen LogP contribution in [0.15, 0.2) is 12.3 Å². The third kappa shape index (κ3) is 20.9. The zero-order valence-electron chi connectivity index (χ0n) is 12.3. The van der Waals surface area contributed by atoms with Gasteiger partial charge in [-0.3, -0.25) is 0 Å². The number of allylic oxidation sites excluding steroid dienone is 1. The summed E-state index contributed by atoms with van der Waals surface area (Å²) in [6.45, 7) is 2.22. The van der Waals surface area contributed by atoms with Crippen molar-refractivity contribution in [1.82, 2.24) is 0 Å². The first kappa shape index (κ1) is 21.7. The molecule has 0 aliphatic heterocycles. The fraction of sp³-hybridized carbons (Fsp3) is 0.846. The van der Waals surface area contributed by atoms with Crippen LogP contribution in [0.1, 0.15) is 71.1 Å². The summed E-state index contributed by atoms with van der Waals surface area (Å²) in [7, 11) is -4.57. The van der Waals surface area contributed by atoms with E-state index < -0.39 is 10.4 Å². The maximum absolute atomic E-state index is 10.1. The molecule has 0 atom stereocenters. The van der Waals surface area contributed by atoms with Gasteiger partial charge in [0.2, 0.25) is 0 Å². The van der Waals surface area contributed by atoms with Crippen LogP contribution in [0.4, 0.5) is 0 Å². The molecule has 0 spiro atoms. The van der Waals surface area contributed by atoms with Gasteiger partial charge in [-0.05, 0) is 18.9 Å². The first-order chi connectivity index (χ1) is 8.56. The van der Waals surface area contributed by atoms with Crippen LogP contribution < -0.4 is 29.6 Å². The maximum Gasteiger partial charge on any atom is 1.00 e. The number of hydrogen-bond acceptors (Lipinski definition) is 4. The topological polar surface area (TPSA) is 66.4 Å². The van der Waals surface area contributed by atoms with E-state index in [2.05, 4.69) is 11.1 Å². The van der Waals surface area contributed by atoms with E-state index in [1.807, 2.05) is 0 Å². The molecule has 0 bridgehead atoms. The zero-order chi connectivity index (χ0) is 13.7. The van der Waals surface area contributed by atoms with Gasteiger partial charge in [-0.1, -0.05) is 58.3 Å². The summed E-state index contributed by atoms with van der Waals surface area (Å²) < 4.78 is 34.2. The van der Waals surface area contributed by atoms with Gasteiger partial charge in [0.05, 0.1) is 0 Å². The van der Waals surface area contributed by atoms with Crippen LogP contribution in [0.2, 0.25) is 0 Å². The molecule has 0 unspecified atom stereocenters. The van der Waals surface area contributed by atoms with Crippen LogP contribution in [0.25, 0.3) is 0 Å². The Morgan fingerprint density at radius 2 is 1.42 bits per heavy atom. The van der Waals surface area contributed by atoms with Crippen LogP contribution in [0.3, 0.4) is 0 Å². The second kappa shape index (κ2) is 14.9. The largest absolute Gasteiger partial charge is 1.00 e. The summed E-state index contributed by atoms with van der Waals surface area (Å²) in [5.74, 6) is 0. The summed E-state index contributed by atoms with van der Waals surface area (Å²) in [6.07, 6.45) is 14.6. The average molecular weight is 300 g/mol. The molecule has 0 aromatic heterocycles. The van der Waals surface area contributed by atoms with Crippen molar-refractivity contribution in [3.05, 3.63) is 12.3 Å². The first-order valence-electron chi connectivity index (χ1n) is 6.85. The molecule has 0 fully saturated rings. The molecule has 0 amide bonds. The molecular weight excluding hydrogens is 275 g/mol. The third-order valence-corrected chi connectivity index (χ3v) is 3.09. The second-order valence-corrected chi connectivity index (χ2v) is 5.50. The molecule has 0 heterocycles. The van der Waals surface area contributed by atoms with Crippen molar-refractivity contribution in [2.24, 2.45) is 0 Å². The van der Waals surface area contributed by atoms with Crippen LogP contribution >= 0.6 is 0 Å². The van der Waals surface area contributed by atoms with E-state index in [4.69, 9.17) is 0 Å². The standard InChI is InChI=1S/C13H26O4S.Na/c1-2-3-4-5-6-7-8-9-10-11-12-13-17-18(14,15)16;/h12-13H,2-11H2,1H3,(H,14,15,16);/q;+1/p-1. The van der Waals surface area contributed by atoms with Crippen LogP contribution in [-0.4, -0.2) is 13.0 Å². The molecule has 19 heavy (non-hydrogen) atoms. The quantitative estimate of drug-likeness (QED) is 0.177. The Kier molecular flexibility index (Phi) is 17.0. The Bertz CT molecular complexity index is 302. The molecule has 0 radical (unpaired) electrons. The molecule has 0 aromatic carbocycles. The van der Waals surface area contributed by atoms with Crippen molar-refractivity contribution in [3.8, 4) is 0 Å². The van der Waals surface area contributed by atoms with Crippen molar-refractivity contribution in [3.63, 3.8) is 0 Å². The van der Waals surface area contributed by atoms with Gasteiger partial charge in [-0.2, -0.15) is 0 Å². The van der Waals surface area contributed by atoms with E-state index in [0.717, 1.165) is 25.5 Å². The summed E-state index contributed by atoms with van der Waals surface area (Å²) in [6, 6.07) is 0. The molecule has 0 aliphatic rings. The summed E-state index contributed by atoms with van der Waals surface area (Å²) in [5.41, 5.74) is 0. The second-order valence-electron chi connectivity index (χ2n) is 4.49. The maximum atomic E-state index is 10.1. The SMILES string of the molecule is CCCCCCCCCCCC=COS(=O)(=O)[O-].[Na+]. The number of unbranched alkanes of at least 4 members (excludes halogenated alkanes) is 9. The van der Waals surface area contributed by atoms with Gasteiger partial charge < -0.3 is 8.74 Å². The molecule has 0 aromatic rings. The van der Waals surface area contributed by atoms with Crippen LogP contribution in [0.5, 0.6) is 0 Å². The Balaban J connectivity index is 0. The molecule has 108 valence electrons. The molecular formula is C13H25NaO4S. The fourth-order valence-electron chi connectivity index (χ4n) is 1.75. The molecule has 0 saturated carbocycles. The Labute approximate surface area is 140 Å². The van der Waals surface area contributed by atoms with E-state index in [1.165, 1.54) is 44.9 Å². The van der Waals surface area contributed by atoms with Crippen molar-refractivity contribution >= 4 is 10.4 Å². The Hall–Kier alpha value is 0.450. The van der Waals surface area contributed by atoms with Crippen LogP contribution in [-0.2, 0) is 14.6 Å². The van der Waals surface area contributed by atoms with Crippen molar-refractivity contribution in [2.45, 2.75) is 71.1 Å². The first-order valence-corrected chi connectivity index (χ1v) is 8.18. The smallest absolute Gasteiger partial charge is 0.716 e. The summed E-state index contributed by atoms with van der Waals surface area (Å²) in [4.78, 5) is 0. The van der Waals surface area contributed by atoms with Gasteiger partial charge in [-0.25, -0.2) is 8.42 Å². The molecule has 0 N–H and O–H groups in total. The third-order valence-electron chi connectivity index (χ3n) is 2.74. The molecule has 4 nitrogen and oxygen atoms in total. The van der Waals surface area contributed by atoms with E-state index in [9.17, 15) is 13.0 Å². The molecule has 0 aliphatic carbocycles. The van der Waals surface area contributed by atoms with Gasteiger partial charge in [0.25, 0.3) is 10.4 Å². The molecule has 0 rings (SSSR count). The van der Waals surface area contributed by atoms with Gasteiger partial charge in [0, 0.05) is 0 Å². The van der Waals surface area contributed by atoms with E-state index >= 15 is 0 Å². The Morgan fingerprint density at radius 1 is 0.947 bits per heavy atom. The van der Waals surface area contributed by atoms with Crippen molar-refractivity contribution in [2.75, 3.05) is 0 Å². The molecule has 0 saturated heterocycles. The number of rotatable bonds is 12. The Morgan fingerprint density at radius 3 is 1.89 bits per heavy atom. The minimum atomic E-state index is -4.57. The van der Waals surface area contributed by atoms with Gasteiger partial charge in [0.15, 0.2) is 0 Å². The van der Waals surface area contributed by atoms with E-state index in [1.54, 1.807) is 6.08 Å². The minimum absolute atomic E-state index is 0. The van der Waals surface area contributed by atoms with E-state index in [-0.39, 0.29) is 29.6 Å².